The lowest BCUT2D eigenvalue weighted by Crippen LogP contribution is -2.21. The summed E-state index contributed by atoms with van der Waals surface area (Å²) in [6, 6.07) is 15.8. The minimum Gasteiger partial charge on any atom is -0.490 e. The normalized spacial score (nSPS) is 14.0. The first-order chi connectivity index (χ1) is 19.8. The van der Waals surface area contributed by atoms with Gasteiger partial charge in [0, 0.05) is 23.8 Å². The summed E-state index contributed by atoms with van der Waals surface area (Å²) < 4.78 is 23.0. The molecular formula is C30H28ClN3O7. The Morgan fingerprint density at radius 3 is 2.61 bits per heavy atom. The third kappa shape index (κ3) is 6.53. The second-order valence-corrected chi connectivity index (χ2v) is 9.54. The topological polar surface area (TPSA) is 147 Å². The molecule has 0 fully saturated rings. The van der Waals surface area contributed by atoms with E-state index in [4.69, 9.17) is 36.3 Å². The molecule has 0 aliphatic carbocycles. The molecule has 1 heterocycles. The first kappa shape index (κ1) is 29.2. The molecule has 0 aromatic heterocycles. The van der Waals surface area contributed by atoms with Gasteiger partial charge < -0.3 is 24.7 Å². The molecule has 41 heavy (non-hydrogen) atoms. The van der Waals surface area contributed by atoms with Gasteiger partial charge in [0.25, 0.3) is 5.69 Å². The number of fused-ring (bicyclic) bond motifs is 1. The highest BCUT2D eigenvalue weighted by Gasteiger charge is 2.32. The number of benzene rings is 3. The van der Waals surface area contributed by atoms with Crippen molar-refractivity contribution in [3.05, 3.63) is 97.9 Å². The predicted octanol–water partition coefficient (Wildman–Crippen LogP) is 6.65. The maximum absolute atomic E-state index is 12.8. The molecule has 10 nitrogen and oxygen atoms in total. The molecule has 1 atom stereocenters. The number of nitro benzene ring substituents is 1. The summed E-state index contributed by atoms with van der Waals surface area (Å²) in [6.07, 6.45) is 3.07. The van der Waals surface area contributed by atoms with Crippen LogP contribution < -0.4 is 24.7 Å². The lowest BCUT2D eigenvalue weighted by molar-refractivity contribution is -0.384. The number of esters is 1. The van der Waals surface area contributed by atoms with E-state index >= 15 is 0 Å². The number of unbranched alkanes of at least 4 members (excludes halogenated alkanes) is 2. The lowest BCUT2D eigenvalue weighted by atomic mass is 9.83. The van der Waals surface area contributed by atoms with E-state index in [1.54, 1.807) is 6.07 Å². The monoisotopic (exact) mass is 577 g/mol. The van der Waals surface area contributed by atoms with Crippen molar-refractivity contribution < 1.29 is 28.7 Å². The number of nitrogens with two attached hydrogens (primary N) is 1. The van der Waals surface area contributed by atoms with Gasteiger partial charge in [-0.1, -0.05) is 43.5 Å². The fourth-order valence-corrected chi connectivity index (χ4v) is 4.61. The highest BCUT2D eigenvalue weighted by Crippen LogP contribution is 2.45. The number of halogens is 1. The van der Waals surface area contributed by atoms with E-state index in [1.165, 1.54) is 24.3 Å². The second kappa shape index (κ2) is 13.1. The van der Waals surface area contributed by atoms with Crippen LogP contribution in [0.2, 0.25) is 5.02 Å². The fourth-order valence-electron chi connectivity index (χ4n) is 4.41. The summed E-state index contributed by atoms with van der Waals surface area (Å²) in [4.78, 5) is 23.3. The van der Waals surface area contributed by atoms with Gasteiger partial charge in [-0.15, -0.1) is 0 Å². The Labute approximate surface area is 242 Å². The molecule has 3 aromatic rings. The van der Waals surface area contributed by atoms with Gasteiger partial charge in [0.15, 0.2) is 11.5 Å². The van der Waals surface area contributed by atoms with Crippen LogP contribution in [0.5, 0.6) is 23.0 Å². The van der Waals surface area contributed by atoms with Crippen LogP contribution in [0.25, 0.3) is 0 Å². The average molecular weight is 578 g/mol. The third-order valence-corrected chi connectivity index (χ3v) is 6.72. The number of carbonyl (C=O) groups excluding carboxylic acids is 1. The minimum absolute atomic E-state index is 0.00334. The number of rotatable bonds is 11. The third-order valence-electron chi connectivity index (χ3n) is 6.39. The van der Waals surface area contributed by atoms with Crippen LogP contribution in [-0.2, 0) is 0 Å². The average Bonchev–Trinajstić information content (AvgIpc) is 2.95. The first-order valence-corrected chi connectivity index (χ1v) is 13.4. The Balaban J connectivity index is 1.66. The van der Waals surface area contributed by atoms with Gasteiger partial charge in [0.2, 0.25) is 5.88 Å². The van der Waals surface area contributed by atoms with Crippen molar-refractivity contribution in [2.45, 2.75) is 39.0 Å². The zero-order valence-corrected chi connectivity index (χ0v) is 23.3. The molecule has 2 N–H and O–H groups in total. The molecular weight excluding hydrogens is 550 g/mol. The SMILES string of the molecule is CCCCCOc1ccc(C2C(C#N)=C(N)Oc3cc(OC(=O)c4cc([N+](=O)[O-])ccc4Cl)ccc32)cc1OCC. The molecule has 0 amide bonds. The molecule has 1 unspecified atom stereocenters. The van der Waals surface area contributed by atoms with Gasteiger partial charge in [0.05, 0.1) is 34.6 Å². The molecule has 212 valence electrons. The van der Waals surface area contributed by atoms with E-state index in [0.717, 1.165) is 30.9 Å². The number of ether oxygens (including phenoxy) is 4. The number of hydrogen-bond acceptors (Lipinski definition) is 9. The van der Waals surface area contributed by atoms with Crippen molar-refractivity contribution in [1.82, 2.24) is 0 Å². The van der Waals surface area contributed by atoms with Gasteiger partial charge in [-0.3, -0.25) is 10.1 Å². The van der Waals surface area contributed by atoms with Crippen LogP contribution in [0.1, 0.15) is 60.5 Å². The van der Waals surface area contributed by atoms with Gasteiger partial charge in [-0.05, 0) is 43.2 Å². The van der Waals surface area contributed by atoms with Crippen LogP contribution in [0.4, 0.5) is 5.69 Å². The summed E-state index contributed by atoms with van der Waals surface area (Å²) >= 11 is 6.08. The molecule has 0 bridgehead atoms. The second-order valence-electron chi connectivity index (χ2n) is 9.13. The molecule has 1 aliphatic heterocycles. The van der Waals surface area contributed by atoms with E-state index < -0.39 is 16.8 Å². The summed E-state index contributed by atoms with van der Waals surface area (Å²) in [5.74, 6) is -0.0422. The Bertz CT molecular complexity index is 1550. The van der Waals surface area contributed by atoms with Gasteiger partial charge in [-0.2, -0.15) is 5.26 Å². The van der Waals surface area contributed by atoms with Crippen LogP contribution in [0.3, 0.4) is 0 Å². The summed E-state index contributed by atoms with van der Waals surface area (Å²) in [5, 5.41) is 21.1. The number of nitrogens with zero attached hydrogens (tertiary/aromatic N) is 2. The quantitative estimate of drug-likeness (QED) is 0.0868. The van der Waals surface area contributed by atoms with Gasteiger partial charge in [0.1, 0.15) is 23.1 Å². The molecule has 1 aliphatic rings. The molecule has 0 radical (unpaired) electrons. The van der Waals surface area contributed by atoms with Crippen molar-refractivity contribution >= 4 is 23.3 Å². The van der Waals surface area contributed by atoms with Crippen molar-refractivity contribution in [3.8, 4) is 29.1 Å². The number of allylic oxidation sites excluding steroid dienone is 1. The van der Waals surface area contributed by atoms with Gasteiger partial charge >= 0.3 is 5.97 Å². The Hall–Kier alpha value is -4.75. The fraction of sp³-hybridized carbons (Fsp3) is 0.267. The Morgan fingerprint density at radius 2 is 1.90 bits per heavy atom. The molecule has 0 saturated carbocycles. The summed E-state index contributed by atoms with van der Waals surface area (Å²) in [6.45, 7) is 4.98. The van der Waals surface area contributed by atoms with Crippen molar-refractivity contribution in [3.63, 3.8) is 0 Å². The number of nitriles is 1. The standard InChI is InChI=1S/C30H28ClN3O7/c1-3-5-6-13-39-25-12-7-18(14-27(25)38-4-2)28-21-10-9-20(16-26(21)41-29(33)23(28)17-32)40-30(35)22-15-19(34(36)37)8-11-24(22)31/h7-12,14-16,28H,3-6,13,33H2,1-2H3. The zero-order chi connectivity index (χ0) is 29.5. The van der Waals surface area contributed by atoms with E-state index in [2.05, 4.69) is 13.0 Å². The predicted molar refractivity (Wildman–Crippen MR) is 151 cm³/mol. The zero-order valence-electron chi connectivity index (χ0n) is 22.5. The van der Waals surface area contributed by atoms with E-state index in [-0.39, 0.29) is 39.2 Å². The number of carbonyl (C=O) groups is 1. The molecule has 4 rings (SSSR count). The largest absolute Gasteiger partial charge is 0.490 e. The first-order valence-electron chi connectivity index (χ1n) is 13.0. The van der Waals surface area contributed by atoms with E-state index in [9.17, 15) is 20.2 Å². The van der Waals surface area contributed by atoms with Crippen molar-refractivity contribution in [1.29, 1.82) is 5.26 Å². The smallest absolute Gasteiger partial charge is 0.345 e. The van der Waals surface area contributed by atoms with E-state index in [1.807, 2.05) is 25.1 Å². The molecule has 0 saturated heterocycles. The lowest BCUT2D eigenvalue weighted by Gasteiger charge is -2.27. The highest BCUT2D eigenvalue weighted by atomic mass is 35.5. The Morgan fingerprint density at radius 1 is 1.10 bits per heavy atom. The summed E-state index contributed by atoms with van der Waals surface area (Å²) in [7, 11) is 0. The maximum atomic E-state index is 12.8. The van der Waals surface area contributed by atoms with Crippen LogP contribution in [-0.4, -0.2) is 24.1 Å². The number of non-ortho nitro benzene ring substituents is 1. The molecule has 0 spiro atoms. The molecule has 11 heteroatoms. The number of nitro groups is 1. The van der Waals surface area contributed by atoms with E-state index in [0.29, 0.717) is 30.3 Å². The van der Waals surface area contributed by atoms with Crippen molar-refractivity contribution in [2.24, 2.45) is 5.73 Å². The van der Waals surface area contributed by atoms with Crippen LogP contribution in [0.15, 0.2) is 66.1 Å². The number of hydrogen-bond donors (Lipinski definition) is 1. The Kier molecular flexibility index (Phi) is 9.32. The van der Waals surface area contributed by atoms with Crippen LogP contribution in [0, 0.1) is 21.4 Å². The van der Waals surface area contributed by atoms with Crippen LogP contribution >= 0.6 is 11.6 Å². The van der Waals surface area contributed by atoms with Crippen molar-refractivity contribution in [2.75, 3.05) is 13.2 Å². The minimum atomic E-state index is -0.886. The maximum Gasteiger partial charge on any atom is 0.345 e. The summed E-state index contributed by atoms with van der Waals surface area (Å²) in [5.41, 5.74) is 7.24. The molecule has 3 aromatic carbocycles. The van der Waals surface area contributed by atoms with Gasteiger partial charge in [-0.25, -0.2) is 4.79 Å². The highest BCUT2D eigenvalue weighted by molar-refractivity contribution is 6.33.